The number of carbonyl (C=O) groups is 1. The van der Waals surface area contributed by atoms with Crippen LogP contribution in [0.2, 0.25) is 0 Å². The van der Waals surface area contributed by atoms with Gasteiger partial charge in [0, 0.05) is 32.5 Å². The first-order valence-corrected chi connectivity index (χ1v) is 6.74. The number of nitrogens with one attached hydrogen (secondary N) is 1. The summed E-state index contributed by atoms with van der Waals surface area (Å²) in [6, 6.07) is 1.90. The topological polar surface area (TPSA) is 70.4 Å². The summed E-state index contributed by atoms with van der Waals surface area (Å²) in [6.07, 6.45) is 5.49. The quantitative estimate of drug-likeness (QED) is 0.777. The Morgan fingerprint density at radius 3 is 3.05 bits per heavy atom. The minimum Gasteiger partial charge on any atom is -0.388 e. The molecule has 106 valence electrons. The van der Waals surface area contributed by atoms with Crippen LogP contribution in [0.4, 0.5) is 0 Å². The van der Waals surface area contributed by atoms with Crippen LogP contribution >= 0.6 is 0 Å². The molecule has 0 saturated carbocycles. The fraction of sp³-hybridized carbons (Fsp3) is 0.692. The molecule has 19 heavy (non-hydrogen) atoms. The Morgan fingerprint density at radius 2 is 2.37 bits per heavy atom. The molecular formula is C13H22N4O2. The molecule has 0 aromatic carbocycles. The predicted molar refractivity (Wildman–Crippen MR) is 71.5 cm³/mol. The van der Waals surface area contributed by atoms with Crippen LogP contribution in [0.25, 0.3) is 0 Å². The molecule has 2 rings (SSSR count). The molecule has 6 nitrogen and oxygen atoms in total. The zero-order valence-electron chi connectivity index (χ0n) is 11.4. The number of aromatic nitrogens is 2. The first kappa shape index (κ1) is 14.0. The summed E-state index contributed by atoms with van der Waals surface area (Å²) in [7, 11) is 1.60. The SMILES string of the molecule is CNC(=O)CC1(O)CCCN(CCn2cccn2)C1. The van der Waals surface area contributed by atoms with Crippen LogP contribution in [0.3, 0.4) is 0 Å². The largest absolute Gasteiger partial charge is 0.388 e. The first-order chi connectivity index (χ1) is 9.11. The smallest absolute Gasteiger partial charge is 0.222 e. The molecule has 1 fully saturated rings. The van der Waals surface area contributed by atoms with Gasteiger partial charge in [-0.05, 0) is 25.5 Å². The molecule has 6 heteroatoms. The number of hydrogen-bond acceptors (Lipinski definition) is 4. The van der Waals surface area contributed by atoms with E-state index in [0.717, 1.165) is 26.1 Å². The Bertz CT molecular complexity index is 407. The summed E-state index contributed by atoms with van der Waals surface area (Å²) in [6.45, 7) is 3.18. The van der Waals surface area contributed by atoms with E-state index in [1.807, 2.05) is 16.9 Å². The second-order valence-electron chi connectivity index (χ2n) is 5.22. The van der Waals surface area contributed by atoms with E-state index in [1.165, 1.54) is 0 Å². The van der Waals surface area contributed by atoms with E-state index in [9.17, 15) is 9.90 Å². The van der Waals surface area contributed by atoms with Crippen molar-refractivity contribution in [1.29, 1.82) is 0 Å². The number of hydrogen-bond donors (Lipinski definition) is 2. The average molecular weight is 266 g/mol. The Balaban J connectivity index is 1.84. The number of β-amino-alcohol motifs (C(OH)–C–C–N with tert-alkyl or cyclic N) is 1. The summed E-state index contributed by atoms with van der Waals surface area (Å²) in [5.41, 5.74) is -0.886. The van der Waals surface area contributed by atoms with Crippen molar-refractivity contribution in [2.75, 3.05) is 26.7 Å². The fourth-order valence-corrected chi connectivity index (χ4v) is 2.61. The van der Waals surface area contributed by atoms with E-state index in [4.69, 9.17) is 0 Å². The minimum atomic E-state index is -0.886. The van der Waals surface area contributed by atoms with E-state index in [2.05, 4.69) is 15.3 Å². The second-order valence-corrected chi connectivity index (χ2v) is 5.22. The highest BCUT2D eigenvalue weighted by atomic mass is 16.3. The van der Waals surface area contributed by atoms with Gasteiger partial charge < -0.3 is 10.4 Å². The maximum atomic E-state index is 11.4. The van der Waals surface area contributed by atoms with Crippen LogP contribution in [0.15, 0.2) is 18.5 Å². The predicted octanol–water partition coefficient (Wildman–Crippen LogP) is -0.154. The fourth-order valence-electron chi connectivity index (χ4n) is 2.61. The van der Waals surface area contributed by atoms with Crippen molar-refractivity contribution in [3.63, 3.8) is 0 Å². The summed E-state index contributed by atoms with van der Waals surface area (Å²) < 4.78 is 1.88. The van der Waals surface area contributed by atoms with Crippen LogP contribution in [0.5, 0.6) is 0 Å². The van der Waals surface area contributed by atoms with Crippen molar-refractivity contribution in [1.82, 2.24) is 20.0 Å². The molecule has 0 radical (unpaired) electrons. The van der Waals surface area contributed by atoms with E-state index < -0.39 is 5.60 Å². The average Bonchev–Trinajstić information content (AvgIpc) is 2.89. The zero-order chi connectivity index (χ0) is 13.7. The molecule has 0 aliphatic carbocycles. The molecule has 1 aromatic heterocycles. The molecule has 1 aromatic rings. The summed E-state index contributed by atoms with van der Waals surface area (Å²) >= 11 is 0. The Labute approximate surface area is 113 Å². The van der Waals surface area contributed by atoms with Gasteiger partial charge in [0.25, 0.3) is 0 Å². The molecule has 1 atom stereocenters. The molecule has 2 heterocycles. The molecule has 1 amide bonds. The van der Waals surface area contributed by atoms with Crippen LogP contribution in [0, 0.1) is 0 Å². The van der Waals surface area contributed by atoms with Crippen molar-refractivity contribution in [2.24, 2.45) is 0 Å². The Hall–Kier alpha value is -1.40. The van der Waals surface area contributed by atoms with Crippen LogP contribution in [0.1, 0.15) is 19.3 Å². The lowest BCUT2D eigenvalue weighted by atomic mass is 9.89. The number of aliphatic hydroxyl groups is 1. The highest BCUT2D eigenvalue weighted by Gasteiger charge is 2.34. The lowest BCUT2D eigenvalue weighted by molar-refractivity contribution is -0.128. The third kappa shape index (κ3) is 4.04. The van der Waals surface area contributed by atoms with Gasteiger partial charge in [0.05, 0.1) is 18.6 Å². The standard InChI is InChI=1S/C13H22N4O2/c1-14-12(18)10-13(19)4-2-6-16(11-13)8-9-17-7-3-5-15-17/h3,5,7,19H,2,4,6,8-11H2,1H3,(H,14,18). The van der Waals surface area contributed by atoms with Crippen molar-refractivity contribution in [2.45, 2.75) is 31.4 Å². The number of rotatable bonds is 5. The summed E-state index contributed by atoms with van der Waals surface area (Å²) in [5.74, 6) is -0.101. The van der Waals surface area contributed by atoms with Crippen LogP contribution in [-0.4, -0.2) is 58.0 Å². The number of amides is 1. The number of likely N-dealkylation sites (tertiary alicyclic amines) is 1. The van der Waals surface area contributed by atoms with Gasteiger partial charge in [0.1, 0.15) is 0 Å². The van der Waals surface area contributed by atoms with Gasteiger partial charge in [-0.3, -0.25) is 14.4 Å². The highest BCUT2D eigenvalue weighted by molar-refractivity contribution is 5.76. The third-order valence-electron chi connectivity index (χ3n) is 3.61. The molecule has 2 N–H and O–H groups in total. The van der Waals surface area contributed by atoms with E-state index >= 15 is 0 Å². The number of carbonyl (C=O) groups excluding carboxylic acids is 1. The number of nitrogens with zero attached hydrogens (tertiary/aromatic N) is 3. The van der Waals surface area contributed by atoms with Crippen molar-refractivity contribution in [3.05, 3.63) is 18.5 Å². The Kier molecular flexibility index (Phi) is 4.55. The van der Waals surface area contributed by atoms with Crippen molar-refractivity contribution < 1.29 is 9.90 Å². The normalized spacial score (nSPS) is 24.3. The van der Waals surface area contributed by atoms with E-state index in [1.54, 1.807) is 13.2 Å². The molecule has 1 aliphatic heterocycles. The van der Waals surface area contributed by atoms with Gasteiger partial charge in [-0.15, -0.1) is 0 Å². The maximum Gasteiger partial charge on any atom is 0.222 e. The molecule has 1 aliphatic rings. The third-order valence-corrected chi connectivity index (χ3v) is 3.61. The maximum absolute atomic E-state index is 11.4. The lowest BCUT2D eigenvalue weighted by Gasteiger charge is -2.38. The second kappa shape index (κ2) is 6.16. The molecule has 1 unspecified atom stereocenters. The van der Waals surface area contributed by atoms with Gasteiger partial charge in [-0.25, -0.2) is 0 Å². The first-order valence-electron chi connectivity index (χ1n) is 6.74. The molecule has 0 spiro atoms. The summed E-state index contributed by atoms with van der Waals surface area (Å²) in [5, 5.41) is 17.2. The van der Waals surface area contributed by atoms with Crippen molar-refractivity contribution >= 4 is 5.91 Å². The van der Waals surface area contributed by atoms with Gasteiger partial charge in [0.15, 0.2) is 0 Å². The minimum absolute atomic E-state index is 0.101. The van der Waals surface area contributed by atoms with Crippen LogP contribution in [-0.2, 0) is 11.3 Å². The zero-order valence-corrected chi connectivity index (χ0v) is 11.4. The summed E-state index contributed by atoms with van der Waals surface area (Å²) in [4.78, 5) is 13.6. The Morgan fingerprint density at radius 1 is 1.53 bits per heavy atom. The van der Waals surface area contributed by atoms with Gasteiger partial charge in [0.2, 0.25) is 5.91 Å². The van der Waals surface area contributed by atoms with E-state index in [0.29, 0.717) is 13.0 Å². The van der Waals surface area contributed by atoms with Gasteiger partial charge in [-0.2, -0.15) is 5.10 Å². The molecule has 0 bridgehead atoms. The van der Waals surface area contributed by atoms with Crippen LogP contribution < -0.4 is 5.32 Å². The molecular weight excluding hydrogens is 244 g/mol. The van der Waals surface area contributed by atoms with E-state index in [-0.39, 0.29) is 12.3 Å². The highest BCUT2D eigenvalue weighted by Crippen LogP contribution is 2.24. The lowest BCUT2D eigenvalue weighted by Crippen LogP contribution is -2.50. The number of piperidine rings is 1. The monoisotopic (exact) mass is 266 g/mol. The van der Waals surface area contributed by atoms with Gasteiger partial charge >= 0.3 is 0 Å². The van der Waals surface area contributed by atoms with Crippen molar-refractivity contribution in [3.8, 4) is 0 Å². The van der Waals surface area contributed by atoms with Gasteiger partial charge in [-0.1, -0.05) is 0 Å². The molecule has 1 saturated heterocycles.